The molecular formula is C15H26N2O. The highest BCUT2D eigenvalue weighted by atomic mass is 16.3. The molecule has 102 valence electrons. The van der Waals surface area contributed by atoms with Crippen molar-refractivity contribution >= 4 is 0 Å². The molecule has 4 saturated heterocycles. The van der Waals surface area contributed by atoms with Crippen LogP contribution in [0.5, 0.6) is 0 Å². The molecule has 0 amide bonds. The third-order valence-electron chi connectivity index (χ3n) is 6.29. The lowest BCUT2D eigenvalue weighted by Gasteiger charge is -2.50. The number of nitrogens with zero attached hydrogens (tertiary/aromatic N) is 2. The van der Waals surface area contributed by atoms with Gasteiger partial charge in [0.1, 0.15) is 0 Å². The lowest BCUT2D eigenvalue weighted by Crippen LogP contribution is -2.63. The summed E-state index contributed by atoms with van der Waals surface area (Å²) in [5.74, 6) is 0. The third-order valence-corrected chi connectivity index (χ3v) is 6.29. The second-order valence-electron chi connectivity index (χ2n) is 7.02. The van der Waals surface area contributed by atoms with Gasteiger partial charge in [0, 0.05) is 24.2 Å². The van der Waals surface area contributed by atoms with Crippen molar-refractivity contribution < 1.29 is 5.11 Å². The monoisotopic (exact) mass is 250 g/mol. The second-order valence-corrected chi connectivity index (χ2v) is 7.02. The van der Waals surface area contributed by atoms with E-state index in [9.17, 15) is 5.11 Å². The van der Waals surface area contributed by atoms with Gasteiger partial charge < -0.3 is 5.11 Å². The van der Waals surface area contributed by atoms with Gasteiger partial charge >= 0.3 is 0 Å². The summed E-state index contributed by atoms with van der Waals surface area (Å²) in [6, 6.07) is 3.29. The fourth-order valence-electron chi connectivity index (χ4n) is 5.45. The van der Waals surface area contributed by atoms with Crippen LogP contribution in [0.3, 0.4) is 0 Å². The zero-order chi connectivity index (χ0) is 12.3. The fraction of sp³-hybridized carbons (Fsp3) is 1.00. The zero-order valence-corrected chi connectivity index (χ0v) is 11.5. The van der Waals surface area contributed by atoms with E-state index in [2.05, 4.69) is 16.8 Å². The number of fused-ring (bicyclic) bond motifs is 4. The smallest absolute Gasteiger partial charge is 0.0725 e. The molecule has 4 fully saturated rings. The van der Waals surface area contributed by atoms with Gasteiger partial charge in [-0.1, -0.05) is 6.42 Å². The van der Waals surface area contributed by atoms with E-state index in [-0.39, 0.29) is 6.10 Å². The molecule has 3 nitrogen and oxygen atoms in total. The van der Waals surface area contributed by atoms with Gasteiger partial charge in [-0.2, -0.15) is 0 Å². The average Bonchev–Trinajstić information content (AvgIpc) is 2.74. The van der Waals surface area contributed by atoms with Crippen molar-refractivity contribution in [3.63, 3.8) is 0 Å². The molecule has 0 saturated carbocycles. The molecule has 6 atom stereocenters. The summed E-state index contributed by atoms with van der Waals surface area (Å²) in [4.78, 5) is 5.34. The predicted molar refractivity (Wildman–Crippen MR) is 71.5 cm³/mol. The van der Waals surface area contributed by atoms with Crippen molar-refractivity contribution in [3.05, 3.63) is 0 Å². The first-order valence-corrected chi connectivity index (χ1v) is 7.93. The standard InChI is InChI=1S/C15H26N2O/c1-16-12-7-8-13(16)15(14(18)9-12)17-10-3-2-4-11(17)6-5-10/h10-15,18H,2-9H2,1H3. The van der Waals surface area contributed by atoms with Crippen molar-refractivity contribution in [3.8, 4) is 0 Å². The van der Waals surface area contributed by atoms with Crippen molar-refractivity contribution in [2.24, 2.45) is 0 Å². The second kappa shape index (κ2) is 4.19. The van der Waals surface area contributed by atoms with E-state index in [1.807, 2.05) is 0 Å². The van der Waals surface area contributed by atoms with Crippen LogP contribution in [0.1, 0.15) is 51.4 Å². The molecule has 4 rings (SSSR count). The number of hydrogen-bond acceptors (Lipinski definition) is 3. The Morgan fingerprint density at radius 2 is 1.56 bits per heavy atom. The van der Waals surface area contributed by atoms with Gasteiger partial charge in [0.2, 0.25) is 0 Å². The number of rotatable bonds is 1. The Morgan fingerprint density at radius 3 is 2.28 bits per heavy atom. The molecule has 6 unspecified atom stereocenters. The van der Waals surface area contributed by atoms with E-state index < -0.39 is 0 Å². The fourth-order valence-corrected chi connectivity index (χ4v) is 5.45. The normalized spacial score (nSPS) is 53.0. The van der Waals surface area contributed by atoms with E-state index in [4.69, 9.17) is 0 Å². The highest BCUT2D eigenvalue weighted by molar-refractivity contribution is 5.08. The molecule has 4 heterocycles. The lowest BCUT2D eigenvalue weighted by molar-refractivity contribution is -0.0676. The third kappa shape index (κ3) is 1.53. The van der Waals surface area contributed by atoms with Crippen molar-refractivity contribution in [2.45, 2.75) is 87.7 Å². The van der Waals surface area contributed by atoms with Gasteiger partial charge in [-0.3, -0.25) is 9.80 Å². The first kappa shape index (κ1) is 11.7. The molecule has 18 heavy (non-hydrogen) atoms. The summed E-state index contributed by atoms with van der Waals surface area (Å²) in [6.07, 6.45) is 10.5. The number of aliphatic hydroxyl groups is 1. The van der Waals surface area contributed by atoms with Gasteiger partial charge in [0.05, 0.1) is 12.1 Å². The Morgan fingerprint density at radius 1 is 0.889 bits per heavy atom. The van der Waals surface area contributed by atoms with Crippen molar-refractivity contribution in [2.75, 3.05) is 7.05 Å². The topological polar surface area (TPSA) is 26.7 Å². The molecular weight excluding hydrogens is 224 g/mol. The summed E-state index contributed by atoms with van der Waals surface area (Å²) in [7, 11) is 2.28. The first-order chi connectivity index (χ1) is 8.75. The Balaban J connectivity index is 1.63. The zero-order valence-electron chi connectivity index (χ0n) is 11.5. The van der Waals surface area contributed by atoms with Crippen LogP contribution in [-0.2, 0) is 0 Å². The number of piperidine rings is 2. The molecule has 4 bridgehead atoms. The van der Waals surface area contributed by atoms with Gasteiger partial charge in [-0.05, 0) is 52.0 Å². The highest BCUT2D eigenvalue weighted by Crippen LogP contribution is 2.44. The summed E-state index contributed by atoms with van der Waals surface area (Å²) in [6.45, 7) is 0. The largest absolute Gasteiger partial charge is 0.391 e. The van der Waals surface area contributed by atoms with Gasteiger partial charge in [0.15, 0.2) is 0 Å². The Bertz CT molecular complexity index is 318. The van der Waals surface area contributed by atoms with Crippen LogP contribution in [0.15, 0.2) is 0 Å². The van der Waals surface area contributed by atoms with Crippen LogP contribution in [0, 0.1) is 0 Å². The summed E-state index contributed by atoms with van der Waals surface area (Å²) in [5, 5.41) is 10.6. The first-order valence-electron chi connectivity index (χ1n) is 7.93. The minimum Gasteiger partial charge on any atom is -0.391 e. The summed E-state index contributed by atoms with van der Waals surface area (Å²) < 4.78 is 0. The number of hydrogen-bond donors (Lipinski definition) is 1. The molecule has 4 aliphatic rings. The lowest BCUT2D eigenvalue weighted by atomic mass is 9.89. The van der Waals surface area contributed by atoms with E-state index >= 15 is 0 Å². The van der Waals surface area contributed by atoms with Crippen LogP contribution in [0.4, 0.5) is 0 Å². The van der Waals surface area contributed by atoms with Crippen molar-refractivity contribution in [1.29, 1.82) is 0 Å². The van der Waals surface area contributed by atoms with E-state index in [0.717, 1.165) is 18.5 Å². The van der Waals surface area contributed by atoms with Crippen LogP contribution < -0.4 is 0 Å². The summed E-state index contributed by atoms with van der Waals surface area (Å²) >= 11 is 0. The van der Waals surface area contributed by atoms with E-state index in [1.54, 1.807) is 0 Å². The molecule has 0 radical (unpaired) electrons. The van der Waals surface area contributed by atoms with Crippen LogP contribution in [-0.4, -0.2) is 58.3 Å². The van der Waals surface area contributed by atoms with Crippen LogP contribution in [0.25, 0.3) is 0 Å². The predicted octanol–water partition coefficient (Wildman–Crippen LogP) is 1.60. The Kier molecular flexibility index (Phi) is 2.72. The molecule has 0 aromatic heterocycles. The van der Waals surface area contributed by atoms with E-state index in [0.29, 0.717) is 18.1 Å². The summed E-state index contributed by atoms with van der Waals surface area (Å²) in [5.41, 5.74) is 0. The molecule has 0 spiro atoms. The van der Waals surface area contributed by atoms with Crippen molar-refractivity contribution in [1.82, 2.24) is 9.80 Å². The van der Waals surface area contributed by atoms with Crippen LogP contribution in [0.2, 0.25) is 0 Å². The molecule has 1 N–H and O–H groups in total. The Hall–Kier alpha value is -0.120. The maximum Gasteiger partial charge on any atom is 0.0725 e. The molecule has 0 aliphatic carbocycles. The number of likely N-dealkylation sites (N-methyl/N-ethyl adjacent to an activating group) is 1. The van der Waals surface area contributed by atoms with Gasteiger partial charge in [-0.25, -0.2) is 0 Å². The van der Waals surface area contributed by atoms with Gasteiger partial charge in [0.25, 0.3) is 0 Å². The molecule has 3 heteroatoms. The molecule has 4 aliphatic heterocycles. The SMILES string of the molecule is CN1C2CCC1C(N1C3CCCC1CC3)C(O)C2. The minimum absolute atomic E-state index is 0.0695. The van der Waals surface area contributed by atoms with Gasteiger partial charge in [-0.15, -0.1) is 0 Å². The molecule has 0 aromatic rings. The minimum atomic E-state index is -0.0695. The maximum absolute atomic E-state index is 10.6. The quantitative estimate of drug-likeness (QED) is 0.766. The highest BCUT2D eigenvalue weighted by Gasteiger charge is 2.52. The number of aliphatic hydroxyl groups excluding tert-OH is 1. The molecule has 0 aromatic carbocycles. The van der Waals surface area contributed by atoms with Crippen LogP contribution >= 0.6 is 0 Å². The average molecular weight is 250 g/mol. The Labute approximate surface area is 110 Å². The van der Waals surface area contributed by atoms with E-state index in [1.165, 1.54) is 44.9 Å². The maximum atomic E-state index is 10.6.